The molecule has 0 unspecified atom stereocenters. The molecule has 0 radical (unpaired) electrons. The van der Waals surface area contributed by atoms with E-state index in [1.165, 1.54) is 6.33 Å². The Bertz CT molecular complexity index is 787. The van der Waals surface area contributed by atoms with Crippen molar-refractivity contribution >= 4 is 28.8 Å². The molecule has 0 aliphatic carbocycles. The normalized spacial score (nSPS) is 10.7. The number of imidazole rings is 1. The second-order valence-corrected chi connectivity index (χ2v) is 5.21. The van der Waals surface area contributed by atoms with Gasteiger partial charge in [0.1, 0.15) is 16.9 Å². The molecule has 3 rings (SSSR count). The molecule has 1 amide bonds. The highest BCUT2D eigenvalue weighted by Gasteiger charge is 2.08. The third kappa shape index (κ3) is 2.86. The van der Waals surface area contributed by atoms with Crippen LogP contribution in [-0.4, -0.2) is 25.8 Å². The number of carbonyl (C=O) groups is 1. The maximum Gasteiger partial charge on any atom is 0.265 e. The van der Waals surface area contributed by atoms with Gasteiger partial charge in [0.2, 0.25) is 0 Å². The lowest BCUT2D eigenvalue weighted by molar-refractivity contribution is 0.0953. The number of amides is 1. The van der Waals surface area contributed by atoms with Gasteiger partial charge in [0.25, 0.3) is 5.91 Å². The van der Waals surface area contributed by atoms with Gasteiger partial charge in [-0.15, -0.1) is 0 Å². The van der Waals surface area contributed by atoms with Crippen molar-refractivity contribution in [2.45, 2.75) is 10.8 Å². The van der Waals surface area contributed by atoms with Crippen LogP contribution < -0.4 is 11.3 Å². The number of nitrogen functional groups attached to an aromatic ring is 1. The van der Waals surface area contributed by atoms with E-state index < -0.39 is 0 Å². The molecule has 2 aromatic heterocycles. The number of hydrazine groups is 1. The number of hydrogen-bond donors (Lipinski definition) is 3. The SMILES string of the molecule is NNC(=O)c1cccc(CSc2ncnc3nc[nH]c23)c1. The van der Waals surface area contributed by atoms with Gasteiger partial charge in [-0.05, 0) is 17.7 Å². The summed E-state index contributed by atoms with van der Waals surface area (Å²) in [6.07, 6.45) is 3.08. The number of fused-ring (bicyclic) bond motifs is 1. The maximum absolute atomic E-state index is 11.5. The largest absolute Gasteiger partial charge is 0.341 e. The van der Waals surface area contributed by atoms with E-state index in [0.717, 1.165) is 16.1 Å². The maximum atomic E-state index is 11.5. The molecule has 8 heteroatoms. The number of nitrogens with one attached hydrogen (secondary N) is 2. The second-order valence-electron chi connectivity index (χ2n) is 4.24. The molecule has 2 heterocycles. The number of H-pyrrole nitrogens is 1. The molecule has 0 spiro atoms. The predicted molar refractivity (Wildman–Crippen MR) is 79.3 cm³/mol. The van der Waals surface area contributed by atoms with Gasteiger partial charge in [-0.1, -0.05) is 23.9 Å². The highest BCUT2D eigenvalue weighted by molar-refractivity contribution is 7.98. The van der Waals surface area contributed by atoms with E-state index in [-0.39, 0.29) is 5.91 Å². The zero-order valence-electron chi connectivity index (χ0n) is 10.9. The van der Waals surface area contributed by atoms with Crippen LogP contribution in [0.2, 0.25) is 0 Å². The van der Waals surface area contributed by atoms with Gasteiger partial charge in [-0.3, -0.25) is 10.2 Å². The Morgan fingerprint density at radius 1 is 1.33 bits per heavy atom. The third-order valence-corrected chi connectivity index (χ3v) is 3.94. The van der Waals surface area contributed by atoms with Crippen molar-refractivity contribution in [2.24, 2.45) is 5.84 Å². The number of aromatic nitrogens is 4. The zero-order valence-corrected chi connectivity index (χ0v) is 11.7. The quantitative estimate of drug-likeness (QED) is 0.220. The minimum Gasteiger partial charge on any atom is -0.341 e. The lowest BCUT2D eigenvalue weighted by atomic mass is 10.1. The van der Waals surface area contributed by atoms with Gasteiger partial charge in [-0.2, -0.15) is 0 Å². The Balaban J connectivity index is 1.79. The van der Waals surface area contributed by atoms with Crippen molar-refractivity contribution < 1.29 is 4.79 Å². The number of nitrogens with two attached hydrogens (primary N) is 1. The number of hydrogen-bond acceptors (Lipinski definition) is 6. The number of aromatic amines is 1. The molecule has 4 N–H and O–H groups in total. The first-order valence-electron chi connectivity index (χ1n) is 6.14. The summed E-state index contributed by atoms with van der Waals surface area (Å²) in [4.78, 5) is 26.9. The summed E-state index contributed by atoms with van der Waals surface area (Å²) in [7, 11) is 0. The Morgan fingerprint density at radius 3 is 3.10 bits per heavy atom. The summed E-state index contributed by atoms with van der Waals surface area (Å²) in [5, 5.41) is 0.825. The van der Waals surface area contributed by atoms with Crippen molar-refractivity contribution in [2.75, 3.05) is 0 Å². The molecule has 0 atom stereocenters. The van der Waals surface area contributed by atoms with E-state index in [9.17, 15) is 4.79 Å². The molecular weight excluding hydrogens is 288 g/mol. The van der Waals surface area contributed by atoms with Gasteiger partial charge in [-0.25, -0.2) is 20.8 Å². The van der Waals surface area contributed by atoms with Crippen LogP contribution in [0.3, 0.4) is 0 Å². The van der Waals surface area contributed by atoms with Gasteiger partial charge in [0.15, 0.2) is 5.65 Å². The molecule has 106 valence electrons. The average molecular weight is 300 g/mol. The van der Waals surface area contributed by atoms with Gasteiger partial charge in [0.05, 0.1) is 6.33 Å². The van der Waals surface area contributed by atoms with E-state index in [1.54, 1.807) is 30.2 Å². The Morgan fingerprint density at radius 2 is 2.24 bits per heavy atom. The highest BCUT2D eigenvalue weighted by Crippen LogP contribution is 2.25. The molecule has 0 fully saturated rings. The molecule has 0 saturated heterocycles. The first kappa shape index (κ1) is 13.5. The summed E-state index contributed by atoms with van der Waals surface area (Å²) < 4.78 is 0. The lowest BCUT2D eigenvalue weighted by Crippen LogP contribution is -2.29. The monoisotopic (exact) mass is 300 g/mol. The first-order chi connectivity index (χ1) is 10.3. The summed E-state index contributed by atoms with van der Waals surface area (Å²) in [6, 6.07) is 7.30. The first-order valence-corrected chi connectivity index (χ1v) is 7.13. The number of carbonyl (C=O) groups excluding carboxylic acids is 1. The van der Waals surface area contributed by atoms with E-state index in [0.29, 0.717) is 17.0 Å². The van der Waals surface area contributed by atoms with Gasteiger partial charge in [0, 0.05) is 11.3 Å². The third-order valence-electron chi connectivity index (χ3n) is 2.88. The van der Waals surface area contributed by atoms with Crippen molar-refractivity contribution in [1.82, 2.24) is 25.4 Å². The molecule has 0 saturated carbocycles. The average Bonchev–Trinajstić information content (AvgIpc) is 3.01. The molecule has 0 aliphatic rings. The summed E-state index contributed by atoms with van der Waals surface area (Å²) in [5.41, 5.74) is 5.12. The van der Waals surface area contributed by atoms with Crippen molar-refractivity contribution in [3.63, 3.8) is 0 Å². The number of thioether (sulfide) groups is 1. The Labute approximate surface area is 124 Å². The summed E-state index contributed by atoms with van der Waals surface area (Å²) >= 11 is 1.55. The van der Waals surface area contributed by atoms with Crippen molar-refractivity contribution in [3.05, 3.63) is 48.0 Å². The fourth-order valence-corrected chi connectivity index (χ4v) is 2.79. The molecule has 21 heavy (non-hydrogen) atoms. The summed E-state index contributed by atoms with van der Waals surface area (Å²) in [5.74, 6) is 5.51. The van der Waals surface area contributed by atoms with Crippen molar-refractivity contribution in [3.8, 4) is 0 Å². The standard InChI is InChI=1S/C13H12N6OS/c14-19-12(20)9-3-1-2-8(4-9)5-21-13-10-11(16-6-15-10)17-7-18-13/h1-4,6-7H,5,14H2,(H,19,20)(H,15,16,17,18). The molecule has 1 aromatic carbocycles. The smallest absolute Gasteiger partial charge is 0.265 e. The molecule has 0 aliphatic heterocycles. The van der Waals surface area contributed by atoms with Crippen LogP contribution in [-0.2, 0) is 5.75 Å². The molecule has 7 nitrogen and oxygen atoms in total. The number of nitrogens with zero attached hydrogens (tertiary/aromatic N) is 3. The zero-order chi connectivity index (χ0) is 14.7. The summed E-state index contributed by atoms with van der Waals surface area (Å²) in [6.45, 7) is 0. The number of rotatable bonds is 4. The number of benzene rings is 1. The van der Waals surface area contributed by atoms with Crippen LogP contribution in [0, 0.1) is 0 Å². The fraction of sp³-hybridized carbons (Fsp3) is 0.0769. The van der Waals surface area contributed by atoms with E-state index in [4.69, 9.17) is 5.84 Å². The Hall–Kier alpha value is -2.45. The minimum absolute atomic E-state index is 0.306. The van der Waals surface area contributed by atoms with E-state index >= 15 is 0 Å². The van der Waals surface area contributed by atoms with Gasteiger partial charge >= 0.3 is 0 Å². The Kier molecular flexibility index (Phi) is 3.80. The second kappa shape index (κ2) is 5.90. The van der Waals surface area contributed by atoms with Crippen LogP contribution in [0.1, 0.15) is 15.9 Å². The topological polar surface area (TPSA) is 110 Å². The van der Waals surface area contributed by atoms with Crippen LogP contribution in [0.4, 0.5) is 0 Å². The molecule has 0 bridgehead atoms. The fourth-order valence-electron chi connectivity index (χ4n) is 1.89. The van der Waals surface area contributed by atoms with Gasteiger partial charge < -0.3 is 4.98 Å². The van der Waals surface area contributed by atoms with Crippen LogP contribution in [0.25, 0.3) is 11.2 Å². The van der Waals surface area contributed by atoms with Crippen LogP contribution in [0.15, 0.2) is 41.9 Å². The minimum atomic E-state index is -0.306. The van der Waals surface area contributed by atoms with E-state index in [1.807, 2.05) is 12.1 Å². The molecule has 3 aromatic rings. The van der Waals surface area contributed by atoms with Crippen LogP contribution in [0.5, 0.6) is 0 Å². The van der Waals surface area contributed by atoms with Crippen LogP contribution >= 0.6 is 11.8 Å². The van der Waals surface area contributed by atoms with Crippen molar-refractivity contribution in [1.29, 1.82) is 0 Å². The lowest BCUT2D eigenvalue weighted by Gasteiger charge is -2.04. The molecular formula is C13H12N6OS. The predicted octanol–water partition coefficient (Wildman–Crippen LogP) is 1.25. The highest BCUT2D eigenvalue weighted by atomic mass is 32.2. The van der Waals surface area contributed by atoms with E-state index in [2.05, 4.69) is 25.4 Å².